The Morgan fingerprint density at radius 1 is 0.797 bits per heavy atom. The van der Waals surface area contributed by atoms with Gasteiger partial charge in [-0.2, -0.15) is 4.58 Å². The first-order valence-electron chi connectivity index (χ1n) is 24.0. The number of anilines is 1. The summed E-state index contributed by atoms with van der Waals surface area (Å²) in [7, 11) is 13.7. The maximum atomic E-state index is 12.6. The fourth-order valence-corrected chi connectivity index (χ4v) is 9.76. The Kier molecular flexibility index (Phi) is 14.5. The number of rotatable bonds is 16. The highest BCUT2D eigenvalue weighted by atomic mass is 16.5. The summed E-state index contributed by atoms with van der Waals surface area (Å²) in [6, 6.07) is 22.4. The van der Waals surface area contributed by atoms with Crippen LogP contribution in [-0.2, 0) is 22.0 Å². The van der Waals surface area contributed by atoms with Crippen molar-refractivity contribution >= 4 is 23.0 Å². The number of quaternary nitrogens is 2. The molecule has 1 N–H and O–H groups in total. The first-order valence-corrected chi connectivity index (χ1v) is 24.0. The van der Waals surface area contributed by atoms with Crippen LogP contribution in [-0.4, -0.2) is 99.2 Å². The number of hydrogen-bond acceptors (Lipinski definition) is 3. The van der Waals surface area contributed by atoms with E-state index in [0.29, 0.717) is 12.8 Å². The zero-order valence-electron chi connectivity index (χ0n) is 42.5. The highest BCUT2D eigenvalue weighted by Gasteiger charge is 2.44. The first kappa shape index (κ1) is 48.7. The molecule has 0 fully saturated rings. The van der Waals surface area contributed by atoms with Gasteiger partial charge in [0.25, 0.3) is 0 Å². The molecule has 0 unspecified atom stereocenters. The standard InChI is InChI=1S/C57H81N5O2/c1-41-21-30-49-47(39-41)56(6,7)51(59(49)35-17-37-61(10,11)12)32-26-44-19-16-20-45(54(44)64-46-28-23-43(24-29-46)25-34-53(63)58-55(3,4)5)27-33-52-57(8,9)48-40-42(2)22-31-50(48)60(52)36-18-38-62(13,14)15/h21-24,26-33,39-40H,16-20,25,34-38H2,1-15H3/q+2/p+1. The van der Waals surface area contributed by atoms with Crippen LogP contribution in [0.15, 0.2) is 108 Å². The maximum absolute atomic E-state index is 12.6. The molecule has 0 radical (unpaired) electrons. The summed E-state index contributed by atoms with van der Waals surface area (Å²) < 4.78 is 11.6. The normalized spacial score (nSPS) is 18.7. The van der Waals surface area contributed by atoms with E-state index in [9.17, 15) is 4.79 Å². The second-order valence-corrected chi connectivity index (χ2v) is 23.0. The van der Waals surface area contributed by atoms with Gasteiger partial charge in [-0.1, -0.05) is 61.4 Å². The van der Waals surface area contributed by atoms with Crippen molar-refractivity contribution in [2.45, 2.75) is 124 Å². The summed E-state index contributed by atoms with van der Waals surface area (Å²) in [5, 5.41) is 3.09. The van der Waals surface area contributed by atoms with E-state index in [1.165, 1.54) is 56.2 Å². The Morgan fingerprint density at radius 2 is 1.44 bits per heavy atom. The van der Waals surface area contributed by atoms with Gasteiger partial charge in [0.1, 0.15) is 11.5 Å². The third-order valence-corrected chi connectivity index (χ3v) is 13.2. The van der Waals surface area contributed by atoms with E-state index in [2.05, 4.69) is 184 Å². The van der Waals surface area contributed by atoms with Gasteiger partial charge in [0.2, 0.25) is 11.6 Å². The molecule has 1 amide bonds. The van der Waals surface area contributed by atoms with Crippen molar-refractivity contribution in [3.63, 3.8) is 0 Å². The number of aryl methyl sites for hydroxylation is 3. The van der Waals surface area contributed by atoms with Crippen LogP contribution in [0.25, 0.3) is 0 Å². The van der Waals surface area contributed by atoms with Crippen LogP contribution in [0.3, 0.4) is 0 Å². The van der Waals surface area contributed by atoms with E-state index in [4.69, 9.17) is 4.74 Å². The summed E-state index contributed by atoms with van der Waals surface area (Å²) in [4.78, 5) is 15.2. The predicted molar refractivity (Wildman–Crippen MR) is 270 cm³/mol. The fourth-order valence-electron chi connectivity index (χ4n) is 9.76. The fraction of sp³-hybridized carbons (Fsp3) is 0.509. The lowest BCUT2D eigenvalue weighted by atomic mass is 9.80. The quantitative estimate of drug-likeness (QED) is 0.115. The van der Waals surface area contributed by atoms with Crippen molar-refractivity contribution in [3.8, 4) is 5.75 Å². The molecule has 0 atom stereocenters. The Labute approximate surface area is 388 Å². The molecule has 6 rings (SSSR count). The van der Waals surface area contributed by atoms with E-state index in [-0.39, 0.29) is 22.3 Å². The van der Waals surface area contributed by atoms with Gasteiger partial charge in [0, 0.05) is 59.4 Å². The summed E-state index contributed by atoms with van der Waals surface area (Å²) >= 11 is 0. The molecule has 7 nitrogen and oxygen atoms in total. The lowest BCUT2D eigenvalue weighted by molar-refractivity contribution is -0.871. The van der Waals surface area contributed by atoms with Gasteiger partial charge in [-0.15, -0.1) is 0 Å². The molecule has 0 aromatic heterocycles. The van der Waals surface area contributed by atoms with Gasteiger partial charge in [0.15, 0.2) is 12.3 Å². The highest BCUT2D eigenvalue weighted by Crippen LogP contribution is 2.48. The van der Waals surface area contributed by atoms with Gasteiger partial charge in [-0.25, -0.2) is 0 Å². The molecule has 64 heavy (non-hydrogen) atoms. The van der Waals surface area contributed by atoms with E-state index < -0.39 is 0 Å². The molecule has 1 aliphatic carbocycles. The van der Waals surface area contributed by atoms with Crippen molar-refractivity contribution < 1.29 is 23.1 Å². The smallest absolute Gasteiger partial charge is 0.220 e. The largest absolute Gasteiger partial charge is 0.457 e. The minimum Gasteiger partial charge on any atom is -0.457 e. The van der Waals surface area contributed by atoms with Crippen molar-refractivity contribution in [1.29, 1.82) is 0 Å². The van der Waals surface area contributed by atoms with Crippen LogP contribution in [0.2, 0.25) is 0 Å². The number of hydrogen-bond donors (Lipinski definition) is 1. The molecule has 0 spiro atoms. The molecule has 0 saturated heterocycles. The lowest BCUT2D eigenvalue weighted by Crippen LogP contribution is -2.40. The van der Waals surface area contributed by atoms with E-state index >= 15 is 0 Å². The molecule has 2 aliphatic heterocycles. The minimum absolute atomic E-state index is 0.0737. The van der Waals surface area contributed by atoms with Gasteiger partial charge < -0.3 is 23.9 Å². The lowest BCUT2D eigenvalue weighted by Gasteiger charge is -2.29. The minimum atomic E-state index is -0.241. The van der Waals surface area contributed by atoms with Crippen molar-refractivity contribution in [2.24, 2.45) is 0 Å². The van der Waals surface area contributed by atoms with Crippen molar-refractivity contribution in [1.82, 2.24) is 5.32 Å². The maximum Gasteiger partial charge on any atom is 0.220 e. The second kappa shape index (κ2) is 19.0. The number of amides is 1. The van der Waals surface area contributed by atoms with Gasteiger partial charge >= 0.3 is 0 Å². The number of allylic oxidation sites excluding steroid dienone is 7. The van der Waals surface area contributed by atoms with Crippen LogP contribution in [0.4, 0.5) is 11.4 Å². The van der Waals surface area contributed by atoms with Gasteiger partial charge in [-0.3, -0.25) is 4.79 Å². The van der Waals surface area contributed by atoms with Crippen LogP contribution in [0, 0.1) is 13.8 Å². The Hall–Kier alpha value is -4.72. The van der Waals surface area contributed by atoms with Crippen LogP contribution >= 0.6 is 0 Å². The third kappa shape index (κ3) is 11.9. The third-order valence-electron chi connectivity index (χ3n) is 13.2. The molecular formula is C57H82N5O2+3. The van der Waals surface area contributed by atoms with Crippen LogP contribution < -0.4 is 15.0 Å². The molecule has 3 aromatic carbocycles. The van der Waals surface area contributed by atoms with Crippen molar-refractivity contribution in [2.75, 3.05) is 73.4 Å². The topological polar surface area (TPSA) is 44.6 Å². The summed E-state index contributed by atoms with van der Waals surface area (Å²) in [6.07, 6.45) is 15.8. The van der Waals surface area contributed by atoms with E-state index in [0.717, 1.165) is 84.3 Å². The highest BCUT2D eigenvalue weighted by molar-refractivity contribution is 6.03. The average Bonchev–Trinajstić information content (AvgIpc) is 3.51. The molecular weight excluding hydrogens is 787 g/mol. The zero-order chi connectivity index (χ0) is 46.8. The van der Waals surface area contributed by atoms with E-state index in [1.807, 2.05) is 20.8 Å². The SMILES string of the molecule is Cc1ccc2c(c1)C(C)(C)C(/C=C/C1=C(Oc3ccc(CCC(=O)NC(C)(C)C)cc3)C(=C/C=C3/N(CCC[N+](C)(C)C)c4ccc(C)cc4C3(C)C)/CCC1)=[N+]2CCC[N+](C)(C)C. The zero-order valence-corrected chi connectivity index (χ0v) is 42.5. The molecule has 2 heterocycles. The number of benzene rings is 3. The second-order valence-electron chi connectivity index (χ2n) is 23.0. The van der Waals surface area contributed by atoms with Crippen LogP contribution in [0.1, 0.15) is 115 Å². The number of carbonyl (C=O) groups excluding carboxylic acids is 1. The van der Waals surface area contributed by atoms with Crippen molar-refractivity contribution in [3.05, 3.63) is 135 Å². The number of ether oxygens (including phenoxy) is 1. The molecule has 3 aromatic rings. The molecule has 0 bridgehead atoms. The summed E-state index contributed by atoms with van der Waals surface area (Å²) in [6.45, 7) is 24.2. The van der Waals surface area contributed by atoms with Crippen LogP contribution in [0.5, 0.6) is 5.75 Å². The first-order chi connectivity index (χ1) is 29.8. The van der Waals surface area contributed by atoms with Gasteiger partial charge in [-0.05, 0) is 133 Å². The number of nitrogens with zero attached hydrogens (tertiary/aromatic N) is 4. The Balaban J connectivity index is 1.41. The van der Waals surface area contributed by atoms with E-state index in [1.54, 1.807) is 0 Å². The Bertz CT molecular complexity index is 2350. The predicted octanol–water partition coefficient (Wildman–Crippen LogP) is 11.4. The summed E-state index contributed by atoms with van der Waals surface area (Å²) in [5.41, 5.74) is 13.8. The molecule has 7 heteroatoms. The molecule has 0 saturated carbocycles. The molecule has 3 aliphatic rings. The number of nitrogens with one attached hydrogen (secondary N) is 1. The summed E-state index contributed by atoms with van der Waals surface area (Å²) in [5.74, 6) is 1.84. The monoisotopic (exact) mass is 869 g/mol. The van der Waals surface area contributed by atoms with Gasteiger partial charge in [0.05, 0.1) is 67.2 Å². The number of fused-ring (bicyclic) bond motifs is 2. The Morgan fingerprint density at radius 3 is 2.09 bits per heavy atom. The average molecular weight is 869 g/mol. The number of carbonyl (C=O) groups is 1. The molecule has 344 valence electrons.